The van der Waals surface area contributed by atoms with Crippen molar-refractivity contribution in [2.75, 3.05) is 14.2 Å². The van der Waals surface area contributed by atoms with Crippen LogP contribution in [0.2, 0.25) is 0 Å². The lowest BCUT2D eigenvalue weighted by atomic mass is 9.74. The Morgan fingerprint density at radius 1 is 1.17 bits per heavy atom. The molecule has 2 unspecified atom stereocenters. The summed E-state index contributed by atoms with van der Waals surface area (Å²) in [6, 6.07) is 7.52. The van der Waals surface area contributed by atoms with Gasteiger partial charge in [-0.1, -0.05) is 36.9 Å². The number of esters is 2. The van der Waals surface area contributed by atoms with Crippen LogP contribution >= 0.6 is 0 Å². The SMILES string of the molecule is C=Cc1ccccc1C1C(C(=O)OC)=C(C)N=C(C)C1C(=O)OC. The third-order valence-corrected chi connectivity index (χ3v) is 4.24. The van der Waals surface area contributed by atoms with Crippen molar-refractivity contribution in [3.8, 4) is 0 Å². The normalized spacial score (nSPS) is 20.2. The fraction of sp³-hybridized carbons (Fsp3) is 0.316. The molecule has 126 valence electrons. The van der Waals surface area contributed by atoms with Gasteiger partial charge in [0.2, 0.25) is 0 Å². The number of ether oxygens (including phenoxy) is 2. The molecule has 0 aromatic heterocycles. The van der Waals surface area contributed by atoms with Crippen LogP contribution in [0.4, 0.5) is 0 Å². The molecule has 0 radical (unpaired) electrons. The average Bonchev–Trinajstić information content (AvgIpc) is 2.59. The number of carbonyl (C=O) groups is 2. The van der Waals surface area contributed by atoms with E-state index in [2.05, 4.69) is 11.6 Å². The van der Waals surface area contributed by atoms with Crippen LogP contribution < -0.4 is 0 Å². The lowest BCUT2D eigenvalue weighted by molar-refractivity contribution is -0.143. The van der Waals surface area contributed by atoms with E-state index in [0.29, 0.717) is 17.0 Å². The van der Waals surface area contributed by atoms with E-state index in [0.717, 1.165) is 11.1 Å². The van der Waals surface area contributed by atoms with Gasteiger partial charge in [0, 0.05) is 17.3 Å². The third-order valence-electron chi connectivity index (χ3n) is 4.24. The van der Waals surface area contributed by atoms with Gasteiger partial charge >= 0.3 is 11.9 Å². The van der Waals surface area contributed by atoms with E-state index in [1.165, 1.54) is 14.2 Å². The summed E-state index contributed by atoms with van der Waals surface area (Å²) in [6.07, 6.45) is 1.70. The molecule has 0 amide bonds. The third kappa shape index (κ3) is 3.02. The number of rotatable bonds is 4. The summed E-state index contributed by atoms with van der Waals surface area (Å²) < 4.78 is 9.90. The van der Waals surface area contributed by atoms with Crippen molar-refractivity contribution in [2.24, 2.45) is 10.9 Å². The van der Waals surface area contributed by atoms with Crippen LogP contribution in [0.25, 0.3) is 6.08 Å². The average molecular weight is 327 g/mol. The number of carbonyl (C=O) groups excluding carboxylic acids is 2. The largest absolute Gasteiger partial charge is 0.468 e. The summed E-state index contributed by atoms with van der Waals surface area (Å²) in [5, 5.41) is 0. The van der Waals surface area contributed by atoms with Gasteiger partial charge in [-0.25, -0.2) is 4.79 Å². The first-order valence-electron chi connectivity index (χ1n) is 7.59. The molecule has 24 heavy (non-hydrogen) atoms. The number of aliphatic imine (C=N–C) groups is 1. The summed E-state index contributed by atoms with van der Waals surface area (Å²) in [6.45, 7) is 7.34. The van der Waals surface area contributed by atoms with E-state index in [-0.39, 0.29) is 0 Å². The first-order chi connectivity index (χ1) is 11.5. The van der Waals surface area contributed by atoms with Crippen LogP contribution in [-0.4, -0.2) is 31.9 Å². The molecule has 5 heteroatoms. The second kappa shape index (κ2) is 7.25. The van der Waals surface area contributed by atoms with Gasteiger partial charge in [-0.15, -0.1) is 0 Å². The highest BCUT2D eigenvalue weighted by molar-refractivity contribution is 6.07. The molecule has 1 aromatic rings. The first-order valence-corrected chi connectivity index (χ1v) is 7.59. The second-order valence-corrected chi connectivity index (χ2v) is 5.56. The van der Waals surface area contributed by atoms with Crippen molar-refractivity contribution >= 4 is 23.7 Å². The predicted molar refractivity (Wildman–Crippen MR) is 92.6 cm³/mol. The van der Waals surface area contributed by atoms with Crippen molar-refractivity contribution in [1.29, 1.82) is 0 Å². The summed E-state index contributed by atoms with van der Waals surface area (Å²) in [5.74, 6) is -2.15. The molecule has 0 saturated heterocycles. The van der Waals surface area contributed by atoms with E-state index in [9.17, 15) is 9.59 Å². The molecule has 1 heterocycles. The van der Waals surface area contributed by atoms with Crippen LogP contribution in [0.15, 0.2) is 47.1 Å². The van der Waals surface area contributed by atoms with Gasteiger partial charge in [-0.2, -0.15) is 0 Å². The maximum absolute atomic E-state index is 12.4. The van der Waals surface area contributed by atoms with Gasteiger partial charge in [0.15, 0.2) is 0 Å². The minimum Gasteiger partial charge on any atom is -0.468 e. The Hall–Kier alpha value is -2.69. The summed E-state index contributed by atoms with van der Waals surface area (Å²) in [5.41, 5.74) is 3.18. The molecule has 2 atom stereocenters. The highest BCUT2D eigenvalue weighted by Crippen LogP contribution is 2.41. The molecule has 0 spiro atoms. The number of hydrogen-bond donors (Lipinski definition) is 0. The van der Waals surface area contributed by atoms with E-state index in [1.807, 2.05) is 24.3 Å². The molecule has 1 aromatic carbocycles. The van der Waals surface area contributed by atoms with E-state index < -0.39 is 23.8 Å². The molecule has 0 fully saturated rings. The standard InChI is InChI=1S/C19H21NO4/c1-6-13-9-7-8-10-14(13)17-15(18(21)23-4)11(2)20-12(3)16(17)19(22)24-5/h6-10,15,17H,1H2,2-5H3. The Labute approximate surface area is 141 Å². The van der Waals surface area contributed by atoms with Crippen molar-refractivity contribution in [1.82, 2.24) is 0 Å². The predicted octanol–water partition coefficient (Wildman–Crippen LogP) is 3.12. The van der Waals surface area contributed by atoms with Gasteiger partial charge in [0.05, 0.1) is 19.8 Å². The number of nitrogens with zero attached hydrogens (tertiary/aromatic N) is 1. The van der Waals surface area contributed by atoms with E-state index >= 15 is 0 Å². The minimum atomic E-state index is -0.686. The molecule has 1 aliphatic heterocycles. The van der Waals surface area contributed by atoms with Crippen LogP contribution in [0.3, 0.4) is 0 Å². The molecule has 0 N–H and O–H groups in total. The van der Waals surface area contributed by atoms with Crippen LogP contribution in [0, 0.1) is 5.92 Å². The molecule has 0 aliphatic carbocycles. The highest BCUT2D eigenvalue weighted by Gasteiger charge is 2.42. The Bertz CT molecular complexity index is 745. The monoisotopic (exact) mass is 327 g/mol. The Morgan fingerprint density at radius 3 is 2.42 bits per heavy atom. The zero-order valence-electron chi connectivity index (χ0n) is 14.3. The second-order valence-electron chi connectivity index (χ2n) is 5.56. The van der Waals surface area contributed by atoms with Crippen molar-refractivity contribution in [2.45, 2.75) is 19.8 Å². The maximum Gasteiger partial charge on any atom is 0.336 e. The number of allylic oxidation sites excluding steroid dienone is 1. The summed E-state index contributed by atoms with van der Waals surface area (Å²) in [7, 11) is 2.65. The van der Waals surface area contributed by atoms with Crippen molar-refractivity contribution < 1.29 is 19.1 Å². The Morgan fingerprint density at radius 2 is 1.83 bits per heavy atom. The van der Waals surface area contributed by atoms with Crippen molar-refractivity contribution in [3.05, 3.63) is 53.2 Å². The van der Waals surface area contributed by atoms with Gasteiger partial charge in [0.1, 0.15) is 5.92 Å². The summed E-state index contributed by atoms with van der Waals surface area (Å²) >= 11 is 0. The summed E-state index contributed by atoms with van der Waals surface area (Å²) in [4.78, 5) is 29.2. The first kappa shape index (κ1) is 17.7. The van der Waals surface area contributed by atoms with Crippen LogP contribution in [0.5, 0.6) is 0 Å². The minimum absolute atomic E-state index is 0.368. The molecule has 0 saturated carbocycles. The highest BCUT2D eigenvalue weighted by atomic mass is 16.5. The molecule has 0 bridgehead atoms. The van der Waals surface area contributed by atoms with Gasteiger partial charge in [-0.3, -0.25) is 9.79 Å². The van der Waals surface area contributed by atoms with E-state index in [4.69, 9.17) is 9.47 Å². The molecule has 5 nitrogen and oxygen atoms in total. The topological polar surface area (TPSA) is 65.0 Å². The Balaban J connectivity index is 2.75. The van der Waals surface area contributed by atoms with Gasteiger partial charge < -0.3 is 9.47 Å². The van der Waals surface area contributed by atoms with E-state index in [1.54, 1.807) is 19.9 Å². The van der Waals surface area contributed by atoms with Gasteiger partial charge in [0.25, 0.3) is 0 Å². The number of methoxy groups -OCH3 is 2. The molecular formula is C19H21NO4. The van der Waals surface area contributed by atoms with Crippen molar-refractivity contribution in [3.63, 3.8) is 0 Å². The Kier molecular flexibility index (Phi) is 5.34. The zero-order valence-corrected chi connectivity index (χ0v) is 14.3. The lowest BCUT2D eigenvalue weighted by Gasteiger charge is -2.31. The van der Waals surface area contributed by atoms with Crippen LogP contribution in [0.1, 0.15) is 30.9 Å². The smallest absolute Gasteiger partial charge is 0.336 e. The zero-order chi connectivity index (χ0) is 17.9. The van der Waals surface area contributed by atoms with Gasteiger partial charge in [-0.05, 0) is 25.0 Å². The molecule has 1 aliphatic rings. The quantitative estimate of drug-likeness (QED) is 0.797. The fourth-order valence-electron chi connectivity index (χ4n) is 3.16. The molecular weight excluding hydrogens is 306 g/mol. The maximum atomic E-state index is 12.4. The number of hydrogen-bond acceptors (Lipinski definition) is 5. The fourth-order valence-corrected chi connectivity index (χ4v) is 3.16. The van der Waals surface area contributed by atoms with Crippen LogP contribution in [-0.2, 0) is 19.1 Å². The number of benzene rings is 1. The lowest BCUT2D eigenvalue weighted by Crippen LogP contribution is -2.36. The molecule has 2 rings (SSSR count).